The molecule has 570 valence electrons. The Labute approximate surface area is 832 Å². The SMILES string of the molecule is CO[C@H]1O[C@H](COS(=O)(=O)[O-])[C@@H](O[C@@H]2O[C@H](C(=O)[O-])[C@@H](O[C@H]3O[C@H](COS(=O)(=O)[O-])[C@@H](O[C@@H]4O[C@H](C(=O)[O-])[C@@H](O[C@@H]5O[C@H](COS(=O)(=O)[O-])[C@@H](OC)[C@H](OC)[C@H]5OS(=O)(=O)[O-])[C@H](OC)[C@H]4OC)[C@H](OS(=O)(=O)[O-])[C@H]3OS(=O)(=O)[O-])[C@H](OC)[C@H]2OS(=O)(=O)[O-])[C@H](OC)[C@H]1OS(=O)(=O)[O-].[Na+].[Na+].[Na+].[Na+].[Na+].[Na+].[Na+].[Na+].[Na+].[Na+]. The maximum absolute atomic E-state index is 13.2. The number of carboxylic acids is 2. The molecule has 0 radical (unpaired) electrons. The average molecular weight is 1820 g/mol. The second-order valence-electron chi connectivity index (χ2n) is 19.4. The summed E-state index contributed by atoms with van der Waals surface area (Å²) in [4.78, 5) is 26.3. The summed E-state index contributed by atoms with van der Waals surface area (Å²) in [6, 6.07) is 0. The molecule has 0 aromatic heterocycles. The van der Waals surface area contributed by atoms with Crippen molar-refractivity contribution in [3.63, 3.8) is 0 Å². The zero-order valence-electron chi connectivity index (χ0n) is 59.0. The molecule has 25 atom stereocenters. The molecular weight excluding hydrogens is 1760 g/mol. The fraction of sp³-hybridized carbons (Fsp3) is 0.946. The van der Waals surface area contributed by atoms with E-state index in [1.54, 1.807) is 0 Å². The van der Waals surface area contributed by atoms with Gasteiger partial charge in [-0.25, -0.2) is 67.3 Å². The Bertz CT molecular complexity index is 3640. The molecule has 5 aliphatic rings. The van der Waals surface area contributed by atoms with Crippen LogP contribution >= 0.6 is 0 Å². The number of carbonyl (C=O) groups excluding carboxylic acids is 2. The van der Waals surface area contributed by atoms with Gasteiger partial charge in [-0.15, -0.1) is 0 Å². The summed E-state index contributed by atoms with van der Waals surface area (Å²) in [6.07, 6.45) is -67.3. The molecule has 0 saturated carbocycles. The Morgan fingerprint density at radius 3 is 0.729 bits per heavy atom. The third-order valence-corrected chi connectivity index (χ3v) is 17.1. The van der Waals surface area contributed by atoms with Crippen LogP contribution in [0, 0.1) is 0 Å². The van der Waals surface area contributed by atoms with Crippen molar-refractivity contribution in [2.75, 3.05) is 69.6 Å². The number of carboxylic acid groups (broad SMARTS) is 2. The molecule has 0 aliphatic carbocycles. The topological polar surface area (TPSA) is 759 Å². The van der Waals surface area contributed by atoms with Gasteiger partial charge < -0.3 is 132 Å². The Hall–Kier alpha value is 7.26. The number of aliphatic carboxylic acids is 2. The van der Waals surface area contributed by atoms with Crippen molar-refractivity contribution in [1.29, 1.82) is 0 Å². The van der Waals surface area contributed by atoms with E-state index >= 15 is 0 Å². The van der Waals surface area contributed by atoms with Crippen LogP contribution in [0.2, 0.25) is 0 Å². The summed E-state index contributed by atoms with van der Waals surface area (Å²) in [5.74, 6) is -5.21. The molecule has 0 aromatic carbocycles. The van der Waals surface area contributed by atoms with Crippen molar-refractivity contribution < 1.29 is 528 Å². The van der Waals surface area contributed by atoms with E-state index in [0.717, 1.165) is 21.3 Å². The molecular formula is C37H52Na10O52S8. The average Bonchev–Trinajstić information content (AvgIpc) is 0.757. The zero-order valence-corrected chi connectivity index (χ0v) is 85.6. The van der Waals surface area contributed by atoms with E-state index < -0.39 is 268 Å². The largest absolute Gasteiger partial charge is 1.00 e. The Morgan fingerprint density at radius 2 is 0.458 bits per heavy atom. The van der Waals surface area contributed by atoms with Crippen LogP contribution < -0.4 is 306 Å². The molecule has 5 fully saturated rings. The van der Waals surface area contributed by atoms with Crippen LogP contribution in [0.15, 0.2) is 0 Å². The van der Waals surface area contributed by atoms with E-state index in [1.807, 2.05) is 0 Å². The van der Waals surface area contributed by atoms with Crippen molar-refractivity contribution >= 4 is 95.1 Å². The third kappa shape index (κ3) is 39.6. The van der Waals surface area contributed by atoms with Crippen molar-refractivity contribution in [2.24, 2.45) is 0 Å². The van der Waals surface area contributed by atoms with Crippen LogP contribution in [-0.4, -0.2) is 339 Å². The normalized spacial score (nSPS) is 33.5. The molecule has 0 bridgehead atoms. The van der Waals surface area contributed by atoms with Gasteiger partial charge in [0.05, 0.1) is 31.8 Å². The van der Waals surface area contributed by atoms with Gasteiger partial charge >= 0.3 is 296 Å². The minimum absolute atomic E-state index is 0. The van der Waals surface area contributed by atoms with Gasteiger partial charge in [0.1, 0.15) is 97.7 Å². The second-order valence-corrected chi connectivity index (χ2v) is 27.6. The van der Waals surface area contributed by atoms with Gasteiger partial charge in [-0.05, 0) is 0 Å². The van der Waals surface area contributed by atoms with Crippen LogP contribution in [0.25, 0.3) is 0 Å². The third-order valence-electron chi connectivity index (χ3n) is 13.5. The number of methoxy groups -OCH3 is 7. The zero-order chi connectivity index (χ0) is 73.7. The van der Waals surface area contributed by atoms with Crippen molar-refractivity contribution in [3.8, 4) is 0 Å². The predicted octanol–water partition coefficient (Wildman–Crippen LogP) is -43.9. The number of hydrogen-bond acceptors (Lipinski definition) is 52. The number of rotatable bonds is 36. The molecule has 0 unspecified atom stereocenters. The maximum Gasteiger partial charge on any atom is 1.00 e. The molecule has 0 N–H and O–H groups in total. The molecule has 5 saturated heterocycles. The van der Waals surface area contributed by atoms with Crippen molar-refractivity contribution in [1.82, 2.24) is 0 Å². The van der Waals surface area contributed by atoms with Gasteiger partial charge in [0.25, 0.3) is 0 Å². The van der Waals surface area contributed by atoms with E-state index in [0.29, 0.717) is 28.4 Å². The second kappa shape index (κ2) is 53.6. The monoisotopic (exact) mass is 1810 g/mol. The van der Waals surface area contributed by atoms with Gasteiger partial charge in [-0.1, -0.05) is 0 Å². The standard InChI is InChI=1S/C37H62O52S8.10Na/c1-66-14-11(8-73-90(42,43)44)77-35(28(17(14)67-2)87-95(57,58)59)81-21-19(69-4)26(71-6)34(83-24(21)31(38)39)80-16-13(10-75-92(48,49)50)78-36(30(89-97(63,64)65)23(16)85-93(51,52)53)82-22-20(70-5)29(88-96(60,61)62)37(84-25(22)32(40)41)79-15-12(9-74-91(45,46)47)76-33(72-7)27(18(15)68-3)86-94(54,55)56;;;;;;;;;;/h11-30,33-37H,8-10H2,1-7H3,(H,38,39)(H,40,41)(H,42,43,44)(H,45,46,47)(H,48,49,50)(H,51,52,53)(H,54,55,56)(H,57,58,59)(H,60,61,62)(H,63,64,65);;;;;;;;;;/q;10*+1/p-10/t11-,12-,13-,14-,15-,16-,17+,18+,19+,20+,21+,22+,23+,24+,25+,26-,27-,28-,29-,30-,33+,34-,35+,36-,37-;;;;;;;;;;/m1........../s1. The fourth-order valence-corrected chi connectivity index (χ4v) is 13.5. The number of hydrogen-bond donors (Lipinski definition) is 0. The van der Waals surface area contributed by atoms with Crippen LogP contribution in [-0.2, 0) is 202 Å². The molecule has 70 heteroatoms. The van der Waals surface area contributed by atoms with E-state index in [9.17, 15) is 124 Å². The maximum atomic E-state index is 13.2. The first-order chi connectivity index (χ1) is 44.4. The predicted molar refractivity (Wildman–Crippen MR) is 264 cm³/mol. The summed E-state index contributed by atoms with van der Waals surface area (Å²) in [5.41, 5.74) is 0. The number of carbonyl (C=O) groups is 2. The Balaban J connectivity index is -0.00000255. The minimum atomic E-state index is -6.64. The van der Waals surface area contributed by atoms with Crippen LogP contribution in [0.3, 0.4) is 0 Å². The molecule has 5 heterocycles. The van der Waals surface area contributed by atoms with Crippen LogP contribution in [0.5, 0.6) is 0 Å². The van der Waals surface area contributed by atoms with Gasteiger partial charge in [0, 0.05) is 49.8 Å². The minimum Gasteiger partial charge on any atom is -0.726 e. The molecule has 0 amide bonds. The quantitative estimate of drug-likeness (QED) is 0.0319. The van der Waals surface area contributed by atoms with Gasteiger partial charge in [0.15, 0.2) is 55.9 Å². The summed E-state index contributed by atoms with van der Waals surface area (Å²) >= 11 is 0. The first-order valence-electron chi connectivity index (χ1n) is 25.4. The van der Waals surface area contributed by atoms with Crippen LogP contribution in [0.4, 0.5) is 0 Å². The first kappa shape index (κ1) is 125. The fourth-order valence-electron chi connectivity index (χ4n) is 10.2. The van der Waals surface area contributed by atoms with Gasteiger partial charge in [-0.2, -0.15) is 0 Å². The first-order valence-corrected chi connectivity index (χ1v) is 36.1. The van der Waals surface area contributed by atoms with Crippen molar-refractivity contribution in [3.05, 3.63) is 0 Å². The molecule has 5 rings (SSSR count). The summed E-state index contributed by atoms with van der Waals surface area (Å²) < 4.78 is 412. The number of ether oxygens (including phenoxy) is 16. The molecule has 107 heavy (non-hydrogen) atoms. The van der Waals surface area contributed by atoms with E-state index in [2.05, 4.69) is 33.5 Å². The summed E-state index contributed by atoms with van der Waals surface area (Å²) in [7, 11) is -44.3. The molecule has 52 nitrogen and oxygen atoms in total. The van der Waals surface area contributed by atoms with Crippen LogP contribution in [0.1, 0.15) is 0 Å². The molecule has 0 spiro atoms. The summed E-state index contributed by atoms with van der Waals surface area (Å²) in [6.45, 7) is -4.98. The van der Waals surface area contributed by atoms with E-state index in [-0.39, 0.29) is 296 Å². The molecule has 0 aromatic rings. The smallest absolute Gasteiger partial charge is 0.726 e. The Kier molecular flexibility index (Phi) is 62.6. The Morgan fingerprint density at radius 1 is 0.252 bits per heavy atom. The van der Waals surface area contributed by atoms with E-state index in [4.69, 9.17) is 75.8 Å². The molecule has 5 aliphatic heterocycles. The van der Waals surface area contributed by atoms with Crippen molar-refractivity contribution in [2.45, 2.75) is 154 Å². The van der Waals surface area contributed by atoms with Gasteiger partial charge in [-0.3, -0.25) is 33.5 Å². The van der Waals surface area contributed by atoms with E-state index in [1.165, 1.54) is 0 Å². The summed E-state index contributed by atoms with van der Waals surface area (Å²) in [5, 5.41) is 26.3. The van der Waals surface area contributed by atoms with Gasteiger partial charge in [0.2, 0.25) is 83.2 Å².